The number of rotatable bonds is 7. The van der Waals surface area contributed by atoms with Crippen molar-refractivity contribution in [2.75, 3.05) is 61.5 Å². The third kappa shape index (κ3) is 6.03. The van der Waals surface area contributed by atoms with Gasteiger partial charge >= 0.3 is 0 Å². The van der Waals surface area contributed by atoms with Crippen LogP contribution in [0.5, 0.6) is 0 Å². The van der Waals surface area contributed by atoms with Gasteiger partial charge in [-0.15, -0.1) is 0 Å². The Labute approximate surface area is 237 Å². The van der Waals surface area contributed by atoms with Crippen LogP contribution in [0.3, 0.4) is 0 Å². The molecule has 3 aliphatic heterocycles. The molecule has 214 valence electrons. The summed E-state index contributed by atoms with van der Waals surface area (Å²) in [5.74, 6) is -0.617. The van der Waals surface area contributed by atoms with E-state index in [1.165, 1.54) is 17.0 Å². The third-order valence-corrected chi connectivity index (χ3v) is 8.38. The van der Waals surface area contributed by atoms with E-state index in [9.17, 15) is 18.8 Å². The molecule has 2 atom stereocenters. The summed E-state index contributed by atoms with van der Waals surface area (Å²) in [5, 5.41) is 5.71. The zero-order valence-electron chi connectivity index (χ0n) is 22.9. The number of hydrogen-bond donors (Lipinski definition) is 3. The van der Waals surface area contributed by atoms with Crippen LogP contribution in [0, 0.1) is 11.7 Å². The van der Waals surface area contributed by atoms with Crippen molar-refractivity contribution in [3.63, 3.8) is 0 Å². The van der Waals surface area contributed by atoms with Crippen LogP contribution in [-0.2, 0) is 16.1 Å². The molecule has 3 aromatic rings. The van der Waals surface area contributed by atoms with Crippen molar-refractivity contribution < 1.29 is 23.6 Å². The minimum absolute atomic E-state index is 0.0335. The number of hydrogen-bond acceptors (Lipinski definition) is 5. The Kier molecular flexibility index (Phi) is 7.84. The highest BCUT2D eigenvalue weighted by Crippen LogP contribution is 2.39. The van der Waals surface area contributed by atoms with Gasteiger partial charge in [0.25, 0.3) is 11.5 Å². The summed E-state index contributed by atoms with van der Waals surface area (Å²) in [6.45, 7) is 5.96. The average molecular weight is 561 g/mol. The van der Waals surface area contributed by atoms with Gasteiger partial charge in [0.15, 0.2) is 0 Å². The first-order valence-electron chi connectivity index (χ1n) is 14.3. The summed E-state index contributed by atoms with van der Waals surface area (Å²) >= 11 is 0. The molecule has 3 N–H and O–H groups in total. The number of para-hydroxylation sites is 1. The molecule has 0 radical (unpaired) electrons. The number of aromatic nitrogens is 1. The predicted molar refractivity (Wildman–Crippen MR) is 154 cm³/mol. The normalized spacial score (nSPS) is 20.3. The molecule has 2 fully saturated rings. The molecule has 2 bridgehead atoms. The highest BCUT2D eigenvalue weighted by Gasteiger charge is 2.35. The molecule has 9 nitrogen and oxygen atoms in total. The standard InChI is InChI=1S/C31H34FN5O4/c32-24-4-1-2-5-25(24)34-31(40)22-8-9-28(26(17-22)33-29(38)10-11-35-12-14-41-15-13-35)36-18-21-16-23(20-36)27-6-3-7-30(39)37(27)19-21/h1-9,17,21,23H,10-16,18-20H2,(H,33,38)(H,34,40)/p+1. The van der Waals surface area contributed by atoms with Crippen LogP contribution in [0.4, 0.5) is 21.5 Å². The van der Waals surface area contributed by atoms with Crippen LogP contribution in [-0.4, -0.2) is 62.3 Å². The van der Waals surface area contributed by atoms with E-state index in [0.29, 0.717) is 56.4 Å². The number of piperidine rings is 1. The molecule has 2 unspecified atom stereocenters. The number of halogens is 1. The number of ether oxygens (including phenoxy) is 1. The molecular weight excluding hydrogens is 525 g/mol. The van der Waals surface area contributed by atoms with Gasteiger partial charge in [0.2, 0.25) is 5.91 Å². The maximum absolute atomic E-state index is 14.2. The summed E-state index contributed by atoms with van der Waals surface area (Å²) in [6.07, 6.45) is 1.36. The number of nitrogens with one attached hydrogen (secondary N) is 3. The number of carbonyl (C=O) groups excluding carboxylic acids is 2. The lowest BCUT2D eigenvalue weighted by molar-refractivity contribution is -0.907. The van der Waals surface area contributed by atoms with Gasteiger partial charge in [-0.1, -0.05) is 18.2 Å². The Balaban J connectivity index is 1.25. The van der Waals surface area contributed by atoms with Gasteiger partial charge in [-0.3, -0.25) is 14.4 Å². The second-order valence-corrected chi connectivity index (χ2v) is 11.2. The van der Waals surface area contributed by atoms with Crippen molar-refractivity contribution in [3.8, 4) is 0 Å². The van der Waals surface area contributed by atoms with Gasteiger partial charge in [-0.05, 0) is 48.7 Å². The van der Waals surface area contributed by atoms with Crippen LogP contribution in [0.2, 0.25) is 0 Å². The molecule has 6 rings (SSSR count). The molecule has 2 amide bonds. The fourth-order valence-corrected chi connectivity index (χ4v) is 6.32. The molecule has 3 aliphatic rings. The Bertz CT molecular complexity index is 1500. The first-order chi connectivity index (χ1) is 19.9. The van der Waals surface area contributed by atoms with E-state index in [1.54, 1.807) is 30.3 Å². The van der Waals surface area contributed by atoms with Crippen molar-refractivity contribution in [1.29, 1.82) is 0 Å². The zero-order chi connectivity index (χ0) is 28.3. The van der Waals surface area contributed by atoms with Crippen molar-refractivity contribution in [2.45, 2.75) is 25.3 Å². The molecule has 0 spiro atoms. The van der Waals surface area contributed by atoms with E-state index < -0.39 is 11.7 Å². The largest absolute Gasteiger partial charge is 0.370 e. The van der Waals surface area contributed by atoms with Gasteiger partial charge in [0.05, 0.1) is 43.2 Å². The summed E-state index contributed by atoms with van der Waals surface area (Å²) in [7, 11) is 0. The predicted octanol–water partition coefficient (Wildman–Crippen LogP) is 2.11. The van der Waals surface area contributed by atoms with Gasteiger partial charge in [-0.25, -0.2) is 4.39 Å². The van der Waals surface area contributed by atoms with Crippen molar-refractivity contribution >= 4 is 28.9 Å². The van der Waals surface area contributed by atoms with E-state index in [4.69, 9.17) is 4.74 Å². The number of anilines is 3. The Hall–Kier alpha value is -4.02. The smallest absolute Gasteiger partial charge is 0.255 e. The summed E-state index contributed by atoms with van der Waals surface area (Å²) in [4.78, 5) is 42.3. The molecule has 0 aliphatic carbocycles. The minimum atomic E-state index is -0.518. The zero-order valence-corrected chi connectivity index (χ0v) is 22.9. The average Bonchev–Trinajstić information content (AvgIpc) is 2.98. The molecule has 10 heteroatoms. The number of fused-ring (bicyclic) bond motifs is 4. The monoisotopic (exact) mass is 560 g/mol. The highest BCUT2D eigenvalue weighted by molar-refractivity contribution is 6.06. The van der Waals surface area contributed by atoms with E-state index in [1.807, 2.05) is 22.8 Å². The van der Waals surface area contributed by atoms with Gasteiger partial charge in [-0.2, -0.15) is 0 Å². The Morgan fingerprint density at radius 2 is 1.78 bits per heavy atom. The first kappa shape index (κ1) is 27.2. The number of benzene rings is 2. The number of amides is 2. The van der Waals surface area contributed by atoms with Crippen LogP contribution in [0.25, 0.3) is 0 Å². The van der Waals surface area contributed by atoms with Gasteiger partial charge in [0.1, 0.15) is 18.9 Å². The fraction of sp³-hybridized carbons (Fsp3) is 0.387. The van der Waals surface area contributed by atoms with Gasteiger partial charge < -0.3 is 29.7 Å². The molecule has 0 saturated carbocycles. The maximum Gasteiger partial charge on any atom is 0.255 e. The van der Waals surface area contributed by atoms with Gasteiger partial charge in [0, 0.05) is 42.9 Å². The number of quaternary nitrogens is 1. The first-order valence-corrected chi connectivity index (χ1v) is 14.3. The van der Waals surface area contributed by atoms with E-state index >= 15 is 0 Å². The lowest BCUT2D eigenvalue weighted by Gasteiger charge is -2.44. The van der Waals surface area contributed by atoms with Crippen LogP contribution in [0.1, 0.15) is 34.8 Å². The van der Waals surface area contributed by atoms with E-state index in [-0.39, 0.29) is 23.1 Å². The Morgan fingerprint density at radius 1 is 0.951 bits per heavy atom. The van der Waals surface area contributed by atoms with E-state index in [2.05, 4.69) is 15.5 Å². The third-order valence-electron chi connectivity index (χ3n) is 8.38. The van der Waals surface area contributed by atoms with Crippen molar-refractivity contribution in [1.82, 2.24) is 4.57 Å². The molecule has 2 aromatic carbocycles. The molecule has 4 heterocycles. The minimum Gasteiger partial charge on any atom is -0.370 e. The maximum atomic E-state index is 14.2. The number of pyridine rings is 1. The second kappa shape index (κ2) is 11.8. The number of nitrogens with zero attached hydrogens (tertiary/aromatic N) is 2. The lowest BCUT2D eigenvalue weighted by Crippen LogP contribution is -3.14. The number of morpholine rings is 1. The van der Waals surface area contributed by atoms with Crippen LogP contribution >= 0.6 is 0 Å². The highest BCUT2D eigenvalue weighted by atomic mass is 19.1. The second-order valence-electron chi connectivity index (χ2n) is 11.2. The summed E-state index contributed by atoms with van der Waals surface area (Å²) in [6, 6.07) is 16.7. The van der Waals surface area contributed by atoms with Crippen molar-refractivity contribution in [3.05, 3.63) is 88.1 Å². The molecule has 2 saturated heterocycles. The molecule has 1 aromatic heterocycles. The molecular formula is C31H35FN5O4+. The quantitative estimate of drug-likeness (QED) is 0.412. The van der Waals surface area contributed by atoms with Crippen LogP contribution < -0.4 is 26.0 Å². The summed E-state index contributed by atoms with van der Waals surface area (Å²) < 4.78 is 21.5. The fourth-order valence-electron chi connectivity index (χ4n) is 6.32. The summed E-state index contributed by atoms with van der Waals surface area (Å²) in [5.41, 5.74) is 2.88. The Morgan fingerprint density at radius 3 is 2.61 bits per heavy atom. The molecule has 41 heavy (non-hydrogen) atoms. The van der Waals surface area contributed by atoms with Crippen molar-refractivity contribution in [2.24, 2.45) is 5.92 Å². The lowest BCUT2D eigenvalue weighted by atomic mass is 9.83. The van der Waals surface area contributed by atoms with E-state index in [0.717, 1.165) is 37.4 Å². The van der Waals surface area contributed by atoms with Crippen LogP contribution in [0.15, 0.2) is 65.5 Å². The SMILES string of the molecule is O=C(CC[NH+]1CCOCC1)Nc1cc(C(=O)Nc2ccccc2F)ccc1N1CC2CC(C1)c1cccc(=O)n1C2. The topological polar surface area (TPSA) is 97.1 Å². The number of carbonyl (C=O) groups is 2.